The van der Waals surface area contributed by atoms with Gasteiger partial charge < -0.3 is 25.0 Å². The molecule has 1 saturated heterocycles. The number of halogens is 2. The van der Waals surface area contributed by atoms with E-state index in [4.69, 9.17) is 9.47 Å². The fourth-order valence-electron chi connectivity index (χ4n) is 3.56. The number of nitrogens with one attached hydrogen (secondary N) is 2. The van der Waals surface area contributed by atoms with Crippen LogP contribution in [-0.4, -0.2) is 78.1 Å². The highest BCUT2D eigenvalue weighted by Gasteiger charge is 2.34. The highest BCUT2D eigenvalue weighted by atomic mass is 127. The van der Waals surface area contributed by atoms with Crippen molar-refractivity contribution in [2.24, 2.45) is 4.99 Å². The second kappa shape index (κ2) is 14.1. The summed E-state index contributed by atoms with van der Waals surface area (Å²) in [5, 5.41) is 6.85. The number of methoxy groups -OCH3 is 1. The molecule has 1 aromatic carbocycles. The van der Waals surface area contributed by atoms with Crippen molar-refractivity contribution in [1.82, 2.24) is 15.5 Å². The van der Waals surface area contributed by atoms with E-state index in [1.54, 1.807) is 26.3 Å². The summed E-state index contributed by atoms with van der Waals surface area (Å²) in [7, 11) is 5.62. The van der Waals surface area contributed by atoms with Crippen LogP contribution in [0.5, 0.6) is 0 Å². The summed E-state index contributed by atoms with van der Waals surface area (Å²) in [6, 6.07) is 6.87. The zero-order valence-corrected chi connectivity index (χ0v) is 20.2. The van der Waals surface area contributed by atoms with E-state index in [-0.39, 0.29) is 35.2 Å². The molecule has 0 unspecified atom stereocenters. The Morgan fingerprint density at radius 3 is 2.52 bits per heavy atom. The second-order valence-corrected chi connectivity index (χ2v) is 7.40. The van der Waals surface area contributed by atoms with Gasteiger partial charge in [-0.1, -0.05) is 12.1 Å². The first-order valence-electron chi connectivity index (χ1n) is 10.1. The van der Waals surface area contributed by atoms with E-state index in [1.807, 2.05) is 12.1 Å². The third kappa shape index (κ3) is 8.74. The van der Waals surface area contributed by atoms with Crippen molar-refractivity contribution in [3.8, 4) is 0 Å². The molecule has 1 fully saturated rings. The lowest BCUT2D eigenvalue weighted by Crippen LogP contribution is -2.49. The maximum Gasteiger partial charge on any atom is 0.191 e. The van der Waals surface area contributed by atoms with Gasteiger partial charge in [0.2, 0.25) is 0 Å². The van der Waals surface area contributed by atoms with Gasteiger partial charge in [0.1, 0.15) is 5.82 Å². The molecule has 0 aliphatic carbocycles. The minimum absolute atomic E-state index is 0. The summed E-state index contributed by atoms with van der Waals surface area (Å²) in [5.41, 5.74) is 1.08. The van der Waals surface area contributed by atoms with Crippen LogP contribution in [0.1, 0.15) is 24.8 Å². The largest absolute Gasteiger partial charge is 0.385 e. The number of guanidine groups is 1. The average Bonchev–Trinajstić information content (AvgIpc) is 2.72. The maximum atomic E-state index is 13.4. The summed E-state index contributed by atoms with van der Waals surface area (Å²) in [6.45, 7) is 5.72. The molecule has 0 amide bonds. The topological polar surface area (TPSA) is 58.1 Å². The van der Waals surface area contributed by atoms with Crippen LogP contribution in [0.15, 0.2) is 29.3 Å². The molecule has 2 N–H and O–H groups in total. The Morgan fingerprint density at radius 1 is 1.21 bits per heavy atom. The molecular weight excluding hydrogens is 486 g/mol. The first kappa shape index (κ1) is 26.1. The molecule has 8 heteroatoms. The van der Waals surface area contributed by atoms with Crippen molar-refractivity contribution in [3.05, 3.63) is 35.6 Å². The molecule has 2 rings (SSSR count). The van der Waals surface area contributed by atoms with E-state index >= 15 is 0 Å². The van der Waals surface area contributed by atoms with Crippen LogP contribution in [0.4, 0.5) is 4.39 Å². The number of rotatable bonds is 10. The number of benzene rings is 1. The van der Waals surface area contributed by atoms with Crippen molar-refractivity contribution in [2.45, 2.75) is 24.7 Å². The van der Waals surface area contributed by atoms with E-state index < -0.39 is 0 Å². The van der Waals surface area contributed by atoms with Crippen molar-refractivity contribution in [3.63, 3.8) is 0 Å². The first-order chi connectivity index (χ1) is 13.6. The zero-order valence-electron chi connectivity index (χ0n) is 17.9. The Morgan fingerprint density at radius 2 is 1.90 bits per heavy atom. The number of nitrogens with zero attached hydrogens (tertiary/aromatic N) is 2. The SMILES string of the molecule is CN=C(NCCN(C)CCCOC)NCC1(c2ccc(F)cc2)CCOCC1.I. The summed E-state index contributed by atoms with van der Waals surface area (Å²) in [4.78, 5) is 6.62. The smallest absolute Gasteiger partial charge is 0.191 e. The van der Waals surface area contributed by atoms with Gasteiger partial charge in [0.25, 0.3) is 0 Å². The van der Waals surface area contributed by atoms with Gasteiger partial charge in [-0.2, -0.15) is 0 Å². The van der Waals surface area contributed by atoms with E-state index in [0.717, 1.165) is 76.8 Å². The molecule has 1 aliphatic rings. The standard InChI is InChI=1S/C21H35FN4O2.HI/c1-23-20(24-11-13-26(2)12-4-14-27-3)25-17-21(9-15-28-16-10-21)18-5-7-19(22)8-6-18;/h5-8H,4,9-17H2,1-3H3,(H2,23,24,25);1H. The molecule has 1 aliphatic heterocycles. The van der Waals surface area contributed by atoms with E-state index in [2.05, 4.69) is 27.6 Å². The summed E-state index contributed by atoms with van der Waals surface area (Å²) in [5.74, 6) is 0.587. The van der Waals surface area contributed by atoms with Crippen LogP contribution >= 0.6 is 24.0 Å². The fourth-order valence-corrected chi connectivity index (χ4v) is 3.56. The minimum atomic E-state index is -0.203. The van der Waals surface area contributed by atoms with Gasteiger partial charge >= 0.3 is 0 Å². The second-order valence-electron chi connectivity index (χ2n) is 7.40. The number of aliphatic imine (C=N–C) groups is 1. The van der Waals surface area contributed by atoms with Crippen LogP contribution in [0.25, 0.3) is 0 Å². The Labute approximate surface area is 191 Å². The van der Waals surface area contributed by atoms with Gasteiger partial charge in [0.05, 0.1) is 0 Å². The number of hydrogen-bond donors (Lipinski definition) is 2. The zero-order chi connectivity index (χ0) is 20.2. The number of ether oxygens (including phenoxy) is 2. The van der Waals surface area contributed by atoms with Crippen LogP contribution in [-0.2, 0) is 14.9 Å². The van der Waals surface area contributed by atoms with Crippen molar-refractivity contribution in [1.29, 1.82) is 0 Å². The van der Waals surface area contributed by atoms with Gasteiger partial charge in [-0.3, -0.25) is 4.99 Å². The lowest BCUT2D eigenvalue weighted by Gasteiger charge is -2.38. The van der Waals surface area contributed by atoms with Gasteiger partial charge in [-0.15, -0.1) is 24.0 Å². The lowest BCUT2D eigenvalue weighted by atomic mass is 9.74. The van der Waals surface area contributed by atoms with Gasteiger partial charge in [0, 0.05) is 65.6 Å². The van der Waals surface area contributed by atoms with Crippen LogP contribution in [0, 0.1) is 5.82 Å². The molecule has 6 nitrogen and oxygen atoms in total. The third-order valence-electron chi connectivity index (χ3n) is 5.40. The number of likely N-dealkylation sites (N-methyl/N-ethyl adjacent to an activating group) is 1. The Balaban J connectivity index is 0.00000420. The predicted molar refractivity (Wildman–Crippen MR) is 127 cm³/mol. The van der Waals surface area contributed by atoms with Crippen molar-refractivity contribution >= 4 is 29.9 Å². The molecule has 1 aromatic rings. The van der Waals surface area contributed by atoms with Gasteiger partial charge in [-0.05, 0) is 44.0 Å². The summed E-state index contributed by atoms with van der Waals surface area (Å²) in [6.07, 6.45) is 2.85. The molecule has 0 spiro atoms. The molecular formula is C21H36FIN4O2. The Hall–Kier alpha value is -0.970. The highest BCUT2D eigenvalue weighted by molar-refractivity contribution is 14.0. The third-order valence-corrected chi connectivity index (χ3v) is 5.40. The molecule has 1 heterocycles. The van der Waals surface area contributed by atoms with Gasteiger partial charge in [0.15, 0.2) is 5.96 Å². The van der Waals surface area contributed by atoms with Gasteiger partial charge in [-0.25, -0.2) is 4.39 Å². The molecule has 166 valence electrons. The minimum Gasteiger partial charge on any atom is -0.385 e. The van der Waals surface area contributed by atoms with Crippen molar-refractivity contribution in [2.75, 3.05) is 67.2 Å². The fraction of sp³-hybridized carbons (Fsp3) is 0.667. The quantitative estimate of drug-likeness (QED) is 0.214. The summed E-state index contributed by atoms with van der Waals surface area (Å²) >= 11 is 0. The molecule has 0 atom stereocenters. The monoisotopic (exact) mass is 522 g/mol. The number of hydrogen-bond acceptors (Lipinski definition) is 4. The molecule has 0 saturated carbocycles. The molecule has 0 aromatic heterocycles. The van der Waals surface area contributed by atoms with E-state index in [1.165, 1.54) is 0 Å². The average molecular weight is 522 g/mol. The predicted octanol–water partition coefficient (Wildman–Crippen LogP) is 2.63. The lowest BCUT2D eigenvalue weighted by molar-refractivity contribution is 0.0513. The molecule has 29 heavy (non-hydrogen) atoms. The Bertz CT molecular complexity index is 595. The van der Waals surface area contributed by atoms with E-state index in [0.29, 0.717) is 0 Å². The molecule has 0 bridgehead atoms. The van der Waals surface area contributed by atoms with E-state index in [9.17, 15) is 4.39 Å². The normalized spacial score (nSPS) is 16.4. The summed E-state index contributed by atoms with van der Waals surface area (Å²) < 4.78 is 24.0. The van der Waals surface area contributed by atoms with Crippen LogP contribution < -0.4 is 10.6 Å². The molecule has 0 radical (unpaired) electrons. The van der Waals surface area contributed by atoms with Crippen molar-refractivity contribution < 1.29 is 13.9 Å². The first-order valence-corrected chi connectivity index (χ1v) is 10.1. The van der Waals surface area contributed by atoms with Crippen LogP contribution in [0.2, 0.25) is 0 Å². The van der Waals surface area contributed by atoms with Crippen LogP contribution in [0.3, 0.4) is 0 Å². The Kier molecular flexibility index (Phi) is 12.7. The maximum absolute atomic E-state index is 13.4. The highest BCUT2D eigenvalue weighted by Crippen LogP contribution is 2.34.